The van der Waals surface area contributed by atoms with E-state index >= 15 is 0 Å². The first-order valence-corrected chi connectivity index (χ1v) is 11.4. The average Bonchev–Trinajstić information content (AvgIpc) is 3.43. The van der Waals surface area contributed by atoms with Crippen LogP contribution in [0.5, 0.6) is 0 Å². The summed E-state index contributed by atoms with van der Waals surface area (Å²) in [6.07, 6.45) is 1.59. The molecule has 29 heavy (non-hydrogen) atoms. The van der Waals surface area contributed by atoms with Gasteiger partial charge in [0.25, 0.3) is 5.91 Å². The molecule has 2 aromatic rings. The van der Waals surface area contributed by atoms with Gasteiger partial charge >= 0.3 is 0 Å². The van der Waals surface area contributed by atoms with Crippen LogP contribution in [0.3, 0.4) is 0 Å². The molecule has 0 unspecified atom stereocenters. The Morgan fingerprint density at radius 2 is 1.76 bits per heavy atom. The molecule has 0 spiro atoms. The number of hydrogen-bond donors (Lipinski definition) is 2. The van der Waals surface area contributed by atoms with Crippen molar-refractivity contribution in [2.24, 2.45) is 0 Å². The fourth-order valence-corrected chi connectivity index (χ4v) is 5.05. The molecule has 1 aliphatic carbocycles. The van der Waals surface area contributed by atoms with Crippen molar-refractivity contribution in [3.05, 3.63) is 63.1 Å². The Bertz CT molecular complexity index is 1020. The number of carbonyl (C=O) groups excluding carboxylic acids is 1. The zero-order valence-electron chi connectivity index (χ0n) is 16.2. The Balaban J connectivity index is 1.80. The van der Waals surface area contributed by atoms with Crippen LogP contribution in [0.15, 0.2) is 41.3 Å². The number of rotatable bonds is 8. The third-order valence-corrected chi connectivity index (χ3v) is 6.80. The van der Waals surface area contributed by atoms with Crippen LogP contribution in [0.25, 0.3) is 0 Å². The van der Waals surface area contributed by atoms with Gasteiger partial charge in [-0.05, 0) is 50.2 Å². The fourth-order valence-electron chi connectivity index (χ4n) is 2.89. The largest absolute Gasteiger partial charge is 0.348 e. The van der Waals surface area contributed by atoms with E-state index < -0.39 is 15.9 Å². The van der Waals surface area contributed by atoms with Crippen LogP contribution < -0.4 is 10.0 Å². The van der Waals surface area contributed by atoms with Crippen molar-refractivity contribution < 1.29 is 13.2 Å². The van der Waals surface area contributed by atoms with Crippen LogP contribution in [0.2, 0.25) is 10.0 Å². The number of halogens is 2. The molecule has 0 aliphatic heterocycles. The summed E-state index contributed by atoms with van der Waals surface area (Å²) in [6.45, 7) is 1.03. The standard InChI is InChI=1S/C20H23Cl2N3O3S/c1-25(2)12-14-6-4-3-5-13(14)11-23-20(26)16-9-19(18(22)10-17(16)21)29(27,28)24-15-7-8-15/h3-6,9-10,15,24H,7-8,11-12H2,1-2H3,(H,23,26). The molecule has 0 atom stereocenters. The predicted octanol–water partition coefficient (Wildman–Crippen LogP) is 3.43. The highest BCUT2D eigenvalue weighted by Crippen LogP contribution is 2.30. The minimum absolute atomic E-state index is 0.0176. The van der Waals surface area contributed by atoms with E-state index in [1.165, 1.54) is 12.1 Å². The Morgan fingerprint density at radius 3 is 2.38 bits per heavy atom. The summed E-state index contributed by atoms with van der Waals surface area (Å²) >= 11 is 12.3. The van der Waals surface area contributed by atoms with Crippen molar-refractivity contribution in [1.82, 2.24) is 14.9 Å². The van der Waals surface area contributed by atoms with E-state index in [4.69, 9.17) is 23.2 Å². The molecule has 1 aliphatic rings. The predicted molar refractivity (Wildman–Crippen MR) is 115 cm³/mol. The van der Waals surface area contributed by atoms with Crippen LogP contribution in [-0.2, 0) is 23.1 Å². The van der Waals surface area contributed by atoms with E-state index in [9.17, 15) is 13.2 Å². The van der Waals surface area contributed by atoms with Crippen molar-refractivity contribution in [2.45, 2.75) is 36.9 Å². The van der Waals surface area contributed by atoms with Gasteiger partial charge in [-0.1, -0.05) is 47.5 Å². The lowest BCUT2D eigenvalue weighted by molar-refractivity contribution is 0.0950. The van der Waals surface area contributed by atoms with Crippen LogP contribution >= 0.6 is 23.2 Å². The van der Waals surface area contributed by atoms with Crippen molar-refractivity contribution in [3.63, 3.8) is 0 Å². The molecule has 1 fully saturated rings. The van der Waals surface area contributed by atoms with Crippen molar-refractivity contribution in [2.75, 3.05) is 14.1 Å². The SMILES string of the molecule is CN(C)Cc1ccccc1CNC(=O)c1cc(S(=O)(=O)NC2CC2)c(Cl)cc1Cl. The maximum atomic E-state index is 12.7. The van der Waals surface area contributed by atoms with Gasteiger partial charge in [-0.2, -0.15) is 0 Å². The van der Waals surface area contributed by atoms with Gasteiger partial charge in [0.1, 0.15) is 4.90 Å². The summed E-state index contributed by atoms with van der Waals surface area (Å²) in [5.74, 6) is -0.464. The van der Waals surface area contributed by atoms with Crippen LogP contribution in [0.4, 0.5) is 0 Å². The average molecular weight is 456 g/mol. The van der Waals surface area contributed by atoms with E-state index in [1.807, 2.05) is 43.3 Å². The fraction of sp³-hybridized carbons (Fsp3) is 0.350. The number of carbonyl (C=O) groups is 1. The van der Waals surface area contributed by atoms with Gasteiger partial charge in [0.15, 0.2) is 0 Å². The lowest BCUT2D eigenvalue weighted by Gasteiger charge is -2.15. The normalized spacial score (nSPS) is 14.2. The van der Waals surface area contributed by atoms with E-state index in [2.05, 4.69) is 10.0 Å². The van der Waals surface area contributed by atoms with E-state index in [0.29, 0.717) is 6.54 Å². The maximum Gasteiger partial charge on any atom is 0.253 e. The van der Waals surface area contributed by atoms with Gasteiger partial charge in [0, 0.05) is 19.1 Å². The quantitative estimate of drug-likeness (QED) is 0.638. The third-order valence-electron chi connectivity index (χ3n) is 4.50. The number of sulfonamides is 1. The molecule has 2 aromatic carbocycles. The Kier molecular flexibility index (Phi) is 6.86. The molecule has 1 amide bonds. The number of benzene rings is 2. The molecule has 2 N–H and O–H groups in total. The van der Waals surface area contributed by atoms with Crippen molar-refractivity contribution in [3.8, 4) is 0 Å². The topological polar surface area (TPSA) is 78.5 Å². The minimum atomic E-state index is -3.81. The smallest absolute Gasteiger partial charge is 0.253 e. The zero-order valence-corrected chi connectivity index (χ0v) is 18.5. The molecule has 156 valence electrons. The molecule has 0 saturated heterocycles. The molecule has 6 nitrogen and oxygen atoms in total. The summed E-state index contributed by atoms with van der Waals surface area (Å²) in [5, 5.41) is 2.90. The summed E-state index contributed by atoms with van der Waals surface area (Å²) in [7, 11) is 0.132. The summed E-state index contributed by atoms with van der Waals surface area (Å²) in [5.41, 5.74) is 2.14. The maximum absolute atomic E-state index is 12.7. The highest BCUT2D eigenvalue weighted by Gasteiger charge is 2.30. The highest BCUT2D eigenvalue weighted by molar-refractivity contribution is 7.89. The molecule has 1 saturated carbocycles. The molecular weight excluding hydrogens is 433 g/mol. The molecule has 0 radical (unpaired) electrons. The first-order valence-electron chi connectivity index (χ1n) is 9.18. The third kappa shape index (κ3) is 5.71. The van der Waals surface area contributed by atoms with Crippen molar-refractivity contribution >= 4 is 39.1 Å². The van der Waals surface area contributed by atoms with E-state index in [0.717, 1.165) is 30.5 Å². The first-order chi connectivity index (χ1) is 13.7. The second kappa shape index (κ2) is 9.02. The van der Waals surface area contributed by atoms with Gasteiger partial charge in [0.2, 0.25) is 10.0 Å². The minimum Gasteiger partial charge on any atom is -0.348 e. The Hall–Kier alpha value is -1.64. The highest BCUT2D eigenvalue weighted by atomic mass is 35.5. The molecule has 3 rings (SSSR count). The number of nitrogens with one attached hydrogen (secondary N) is 2. The zero-order chi connectivity index (χ0) is 21.2. The van der Waals surface area contributed by atoms with Gasteiger partial charge in [-0.15, -0.1) is 0 Å². The molecule has 0 heterocycles. The van der Waals surface area contributed by atoms with Gasteiger partial charge in [-0.3, -0.25) is 4.79 Å². The van der Waals surface area contributed by atoms with E-state index in [1.54, 1.807) is 0 Å². The first kappa shape index (κ1) is 22.1. The lowest BCUT2D eigenvalue weighted by Crippen LogP contribution is -2.27. The molecular formula is C20H23Cl2N3O3S. The number of nitrogens with zero attached hydrogens (tertiary/aromatic N) is 1. The lowest BCUT2D eigenvalue weighted by atomic mass is 10.1. The van der Waals surface area contributed by atoms with Gasteiger partial charge < -0.3 is 10.2 Å². The number of amides is 1. The summed E-state index contributed by atoms with van der Waals surface area (Å²) in [6, 6.07) is 10.3. The Labute approximate surface area is 181 Å². The molecule has 9 heteroatoms. The van der Waals surface area contributed by atoms with E-state index in [-0.39, 0.29) is 26.5 Å². The number of hydrogen-bond acceptors (Lipinski definition) is 4. The van der Waals surface area contributed by atoms with Crippen molar-refractivity contribution in [1.29, 1.82) is 0 Å². The monoisotopic (exact) mass is 455 g/mol. The molecule has 0 bridgehead atoms. The van der Waals surface area contributed by atoms with Crippen LogP contribution in [0, 0.1) is 0 Å². The summed E-state index contributed by atoms with van der Waals surface area (Å²) in [4.78, 5) is 14.6. The van der Waals surface area contributed by atoms with Gasteiger partial charge in [0.05, 0.1) is 15.6 Å². The summed E-state index contributed by atoms with van der Waals surface area (Å²) < 4.78 is 27.6. The second-order valence-corrected chi connectivity index (χ2v) is 9.84. The van der Waals surface area contributed by atoms with Crippen LogP contribution in [-0.4, -0.2) is 39.4 Å². The second-order valence-electron chi connectivity index (χ2n) is 7.35. The Morgan fingerprint density at radius 1 is 1.10 bits per heavy atom. The molecule has 0 aromatic heterocycles. The van der Waals surface area contributed by atoms with Gasteiger partial charge in [-0.25, -0.2) is 13.1 Å². The van der Waals surface area contributed by atoms with Crippen LogP contribution in [0.1, 0.15) is 34.3 Å².